The van der Waals surface area contributed by atoms with Gasteiger partial charge in [0.1, 0.15) is 5.75 Å². The number of halogens is 2. The monoisotopic (exact) mass is 462 g/mol. The first-order valence-electron chi connectivity index (χ1n) is 10.3. The number of hydrazine groups is 1. The number of carbonyl (C=O) groups excluding carboxylic acids is 2. The molecule has 31 heavy (non-hydrogen) atoms. The van der Waals surface area contributed by atoms with Crippen molar-refractivity contribution in [2.45, 2.75) is 19.8 Å². The summed E-state index contributed by atoms with van der Waals surface area (Å²) in [5.41, 5.74) is 2.18. The van der Waals surface area contributed by atoms with Crippen LogP contribution >= 0.6 is 23.2 Å². The number of amides is 2. The van der Waals surface area contributed by atoms with E-state index in [1.807, 2.05) is 30.1 Å². The summed E-state index contributed by atoms with van der Waals surface area (Å²) < 4.78 is 5.45. The molecule has 0 bridgehead atoms. The molecule has 0 radical (unpaired) electrons. The molecule has 0 saturated carbocycles. The molecule has 1 fully saturated rings. The summed E-state index contributed by atoms with van der Waals surface area (Å²) in [6, 6.07) is 11.0. The van der Waals surface area contributed by atoms with E-state index in [9.17, 15) is 9.59 Å². The zero-order valence-corrected chi connectivity index (χ0v) is 18.7. The van der Waals surface area contributed by atoms with E-state index in [0.717, 1.165) is 12.1 Å². The van der Waals surface area contributed by atoms with Gasteiger partial charge < -0.3 is 15.0 Å². The van der Waals surface area contributed by atoms with Gasteiger partial charge in [0.2, 0.25) is 5.91 Å². The maximum Gasteiger partial charge on any atom is 0.262 e. The first-order valence-corrected chi connectivity index (χ1v) is 11.1. The highest BCUT2D eigenvalue weighted by Gasteiger charge is 2.29. The van der Waals surface area contributed by atoms with Crippen LogP contribution in [0.4, 0.5) is 17.1 Å². The van der Waals surface area contributed by atoms with E-state index >= 15 is 0 Å². The maximum absolute atomic E-state index is 13.0. The second kappa shape index (κ2) is 9.34. The molecule has 0 aromatic heterocycles. The van der Waals surface area contributed by atoms with Gasteiger partial charge in [-0.05, 0) is 36.8 Å². The Balaban J connectivity index is 1.55. The van der Waals surface area contributed by atoms with Crippen molar-refractivity contribution in [2.75, 3.05) is 48.0 Å². The van der Waals surface area contributed by atoms with Gasteiger partial charge in [0.25, 0.3) is 5.91 Å². The first-order chi connectivity index (χ1) is 15.0. The molecule has 2 aromatic rings. The topological polar surface area (TPSA) is 65.1 Å². The number of nitrogens with zero attached hydrogens (tertiary/aromatic N) is 3. The second-order valence-corrected chi connectivity index (χ2v) is 8.27. The van der Waals surface area contributed by atoms with Gasteiger partial charge in [-0.2, -0.15) is 0 Å². The number of hydrogen-bond donors (Lipinski definition) is 1. The average molecular weight is 463 g/mol. The molecule has 0 aliphatic carbocycles. The van der Waals surface area contributed by atoms with Crippen molar-refractivity contribution in [1.82, 2.24) is 5.01 Å². The molecular weight excluding hydrogens is 439 g/mol. The van der Waals surface area contributed by atoms with Crippen molar-refractivity contribution in [3.8, 4) is 5.75 Å². The van der Waals surface area contributed by atoms with Crippen LogP contribution in [0.15, 0.2) is 36.4 Å². The number of ether oxygens (including phenoxy) is 1. The SMILES string of the molecule is CCCC(=O)N(c1ccc2c(c1)NC(=O)CO2)N1CCN(c2cccc(Cl)c2Cl)CC1. The summed E-state index contributed by atoms with van der Waals surface area (Å²) in [4.78, 5) is 26.9. The van der Waals surface area contributed by atoms with Gasteiger partial charge in [0.05, 0.1) is 27.1 Å². The van der Waals surface area contributed by atoms with Gasteiger partial charge in [-0.1, -0.05) is 36.2 Å². The van der Waals surface area contributed by atoms with Gasteiger partial charge >= 0.3 is 0 Å². The normalized spacial score (nSPS) is 16.4. The largest absolute Gasteiger partial charge is 0.482 e. The molecule has 2 aliphatic rings. The third kappa shape index (κ3) is 4.59. The van der Waals surface area contributed by atoms with E-state index < -0.39 is 0 Å². The third-order valence-electron chi connectivity index (χ3n) is 5.35. The molecule has 164 valence electrons. The molecule has 2 aliphatic heterocycles. The lowest BCUT2D eigenvalue weighted by molar-refractivity contribution is -0.122. The van der Waals surface area contributed by atoms with E-state index in [4.69, 9.17) is 27.9 Å². The summed E-state index contributed by atoms with van der Waals surface area (Å²) in [5, 5.41) is 7.65. The minimum atomic E-state index is -0.205. The molecule has 7 nitrogen and oxygen atoms in total. The highest BCUT2D eigenvalue weighted by atomic mass is 35.5. The highest BCUT2D eigenvalue weighted by molar-refractivity contribution is 6.43. The smallest absolute Gasteiger partial charge is 0.262 e. The molecule has 1 saturated heterocycles. The number of fused-ring (bicyclic) bond motifs is 1. The molecule has 9 heteroatoms. The second-order valence-electron chi connectivity index (χ2n) is 7.49. The number of rotatable bonds is 5. The Bertz CT molecular complexity index is 993. The quantitative estimate of drug-likeness (QED) is 0.721. The maximum atomic E-state index is 13.0. The van der Waals surface area contributed by atoms with Gasteiger partial charge in [-0.15, -0.1) is 0 Å². The van der Waals surface area contributed by atoms with Crippen molar-refractivity contribution in [2.24, 2.45) is 0 Å². The molecule has 2 heterocycles. The predicted octanol–water partition coefficient (Wildman–Crippen LogP) is 4.19. The molecule has 1 N–H and O–H groups in total. The Hall–Kier alpha value is -2.48. The van der Waals surface area contributed by atoms with Crippen molar-refractivity contribution < 1.29 is 14.3 Å². The Kier molecular flexibility index (Phi) is 6.55. The summed E-state index contributed by atoms with van der Waals surface area (Å²) in [6.07, 6.45) is 1.18. The molecule has 0 spiro atoms. The zero-order chi connectivity index (χ0) is 22.0. The van der Waals surface area contributed by atoms with E-state index in [1.165, 1.54) is 0 Å². The number of anilines is 3. The first kappa shape index (κ1) is 21.7. The zero-order valence-electron chi connectivity index (χ0n) is 17.2. The lowest BCUT2D eigenvalue weighted by Gasteiger charge is -2.42. The van der Waals surface area contributed by atoms with Crippen LogP contribution in [0.25, 0.3) is 0 Å². The number of benzene rings is 2. The number of carbonyl (C=O) groups is 2. The summed E-state index contributed by atoms with van der Waals surface area (Å²) in [6.45, 7) is 4.65. The summed E-state index contributed by atoms with van der Waals surface area (Å²) >= 11 is 12.6. The van der Waals surface area contributed by atoms with Crippen molar-refractivity contribution in [3.05, 3.63) is 46.4 Å². The van der Waals surface area contributed by atoms with Crippen LogP contribution in [0.2, 0.25) is 10.0 Å². The minimum absolute atomic E-state index is 0.00114. The standard InChI is InChI=1S/C22H24Cl2N4O3/c1-2-4-21(30)28(15-7-8-19-17(13-15)25-20(29)14-31-19)27-11-9-26(10-12-27)18-6-3-5-16(23)22(18)24/h3,5-8,13H,2,4,9-12,14H2,1H3,(H,25,29). The highest BCUT2D eigenvalue weighted by Crippen LogP contribution is 2.35. The molecule has 0 unspecified atom stereocenters. The van der Waals surface area contributed by atoms with Gasteiger partial charge in [-0.3, -0.25) is 9.59 Å². The fourth-order valence-corrected chi connectivity index (χ4v) is 4.28. The Morgan fingerprint density at radius 2 is 1.94 bits per heavy atom. The summed E-state index contributed by atoms with van der Waals surface area (Å²) in [7, 11) is 0. The Labute approximate surface area is 191 Å². The third-order valence-corrected chi connectivity index (χ3v) is 6.16. The fourth-order valence-electron chi connectivity index (χ4n) is 3.86. The molecule has 0 atom stereocenters. The lowest BCUT2D eigenvalue weighted by atomic mass is 10.2. The van der Waals surface area contributed by atoms with Crippen LogP contribution in [0.1, 0.15) is 19.8 Å². The number of hydrogen-bond acceptors (Lipinski definition) is 5. The fraction of sp³-hybridized carbons (Fsp3) is 0.364. The van der Waals surface area contributed by atoms with Crippen molar-refractivity contribution in [3.63, 3.8) is 0 Å². The van der Waals surface area contributed by atoms with E-state index in [2.05, 4.69) is 10.2 Å². The Morgan fingerprint density at radius 3 is 2.68 bits per heavy atom. The predicted molar refractivity (Wildman–Crippen MR) is 123 cm³/mol. The van der Waals surface area contributed by atoms with Gasteiger partial charge in [0.15, 0.2) is 6.61 Å². The van der Waals surface area contributed by atoms with Crippen LogP contribution in [0, 0.1) is 0 Å². The summed E-state index contributed by atoms with van der Waals surface area (Å²) in [5.74, 6) is 0.412. The van der Waals surface area contributed by atoms with E-state index in [1.54, 1.807) is 23.2 Å². The van der Waals surface area contributed by atoms with E-state index in [-0.39, 0.29) is 18.4 Å². The van der Waals surface area contributed by atoms with E-state index in [0.29, 0.717) is 59.8 Å². The number of nitrogens with one attached hydrogen (secondary N) is 1. The molecular formula is C22H24Cl2N4O3. The molecule has 2 aromatic carbocycles. The number of piperazine rings is 1. The lowest BCUT2D eigenvalue weighted by Crippen LogP contribution is -2.56. The van der Waals surface area contributed by atoms with Gasteiger partial charge in [0, 0.05) is 32.6 Å². The molecule has 2 amide bonds. The van der Waals surface area contributed by atoms with Crippen LogP contribution in [-0.4, -0.2) is 49.6 Å². The van der Waals surface area contributed by atoms with Crippen LogP contribution in [0.3, 0.4) is 0 Å². The van der Waals surface area contributed by atoms with Crippen molar-refractivity contribution in [1.29, 1.82) is 0 Å². The van der Waals surface area contributed by atoms with Crippen LogP contribution in [-0.2, 0) is 9.59 Å². The Morgan fingerprint density at radius 1 is 1.16 bits per heavy atom. The van der Waals surface area contributed by atoms with Gasteiger partial charge in [-0.25, -0.2) is 10.0 Å². The minimum Gasteiger partial charge on any atom is -0.482 e. The van der Waals surface area contributed by atoms with Crippen LogP contribution < -0.4 is 20.0 Å². The van der Waals surface area contributed by atoms with Crippen LogP contribution in [0.5, 0.6) is 5.75 Å². The van der Waals surface area contributed by atoms with Crippen molar-refractivity contribution >= 4 is 52.1 Å². The average Bonchev–Trinajstić information content (AvgIpc) is 2.76. The molecule has 4 rings (SSSR count).